The average molecular weight is 251 g/mol. The number of aliphatic hydroxyl groups is 1. The van der Waals surface area contributed by atoms with E-state index in [9.17, 15) is 0 Å². The normalized spacial score (nSPS) is 11.5. The summed E-state index contributed by atoms with van der Waals surface area (Å²) in [4.78, 5) is 4.37. The Bertz CT molecular complexity index is 495. The minimum atomic E-state index is 0.229. The van der Waals surface area contributed by atoms with Crippen molar-refractivity contribution in [3.63, 3.8) is 0 Å². The summed E-state index contributed by atoms with van der Waals surface area (Å²) in [6.07, 6.45) is 4.43. The molecule has 4 nitrogen and oxygen atoms in total. The van der Waals surface area contributed by atoms with E-state index in [0.717, 1.165) is 28.4 Å². The lowest BCUT2D eigenvalue weighted by molar-refractivity contribution is 0.296. The Balaban J connectivity index is 2.29. The van der Waals surface area contributed by atoms with Crippen LogP contribution in [0.25, 0.3) is 5.52 Å². The second kappa shape index (κ2) is 5.51. The van der Waals surface area contributed by atoms with Crippen LogP contribution in [0.2, 0.25) is 0 Å². The molecule has 92 valence electrons. The summed E-state index contributed by atoms with van der Waals surface area (Å²) in [7, 11) is 0. The zero-order valence-corrected chi connectivity index (χ0v) is 10.9. The Labute approximate surface area is 105 Å². The fourth-order valence-electron chi connectivity index (χ4n) is 1.54. The summed E-state index contributed by atoms with van der Waals surface area (Å²) in [5, 5.41) is 14.3. The molecule has 0 fully saturated rings. The number of hydrogen-bond donors (Lipinski definition) is 1. The molecule has 0 aliphatic heterocycles. The summed E-state index contributed by atoms with van der Waals surface area (Å²) < 4.78 is 1.88. The number of aromatic nitrogens is 3. The third-order valence-corrected chi connectivity index (χ3v) is 3.59. The van der Waals surface area contributed by atoms with E-state index in [0.29, 0.717) is 5.92 Å². The van der Waals surface area contributed by atoms with Gasteiger partial charge in [0.25, 0.3) is 0 Å². The molecule has 5 heteroatoms. The minimum absolute atomic E-state index is 0.229. The summed E-state index contributed by atoms with van der Waals surface area (Å²) in [6.45, 7) is 4.49. The molecule has 0 saturated carbocycles. The van der Waals surface area contributed by atoms with Crippen molar-refractivity contribution >= 4 is 17.3 Å². The molecular weight excluding hydrogens is 234 g/mol. The van der Waals surface area contributed by atoms with Gasteiger partial charge in [-0.2, -0.15) is 5.10 Å². The smallest absolute Gasteiger partial charge is 0.122 e. The van der Waals surface area contributed by atoms with Crippen molar-refractivity contribution in [3.8, 4) is 0 Å². The topological polar surface area (TPSA) is 50.4 Å². The summed E-state index contributed by atoms with van der Waals surface area (Å²) in [6, 6.07) is 2.10. The van der Waals surface area contributed by atoms with Gasteiger partial charge in [-0.3, -0.25) is 0 Å². The minimum Gasteiger partial charge on any atom is -0.396 e. The molecule has 0 aliphatic rings. The molecule has 17 heavy (non-hydrogen) atoms. The maximum Gasteiger partial charge on any atom is 0.122 e. The Morgan fingerprint density at radius 2 is 2.29 bits per heavy atom. The number of thioether (sulfide) groups is 1. The molecule has 2 heterocycles. The van der Waals surface area contributed by atoms with Gasteiger partial charge < -0.3 is 5.11 Å². The first-order chi connectivity index (χ1) is 8.22. The second-order valence-corrected chi connectivity index (χ2v) is 5.30. The Hall–Kier alpha value is -1.07. The van der Waals surface area contributed by atoms with Crippen LogP contribution in [0.1, 0.15) is 31.9 Å². The molecule has 0 amide bonds. The molecule has 0 atom stereocenters. The van der Waals surface area contributed by atoms with Crippen LogP contribution in [-0.4, -0.2) is 32.1 Å². The SMILES string of the molecule is CC(C)c1cc2c(SCCCO)nccn2n1. The number of nitrogens with zero attached hydrogens (tertiary/aromatic N) is 3. The zero-order valence-electron chi connectivity index (χ0n) is 10.1. The van der Waals surface area contributed by atoms with Gasteiger partial charge in [0.2, 0.25) is 0 Å². The molecule has 0 spiro atoms. The molecule has 0 saturated heterocycles. The van der Waals surface area contributed by atoms with Gasteiger partial charge >= 0.3 is 0 Å². The predicted molar refractivity (Wildman–Crippen MR) is 69.5 cm³/mol. The van der Waals surface area contributed by atoms with Crippen molar-refractivity contribution in [1.29, 1.82) is 0 Å². The van der Waals surface area contributed by atoms with Crippen LogP contribution < -0.4 is 0 Å². The van der Waals surface area contributed by atoms with Gasteiger partial charge in [0.05, 0.1) is 11.2 Å². The van der Waals surface area contributed by atoms with Crippen molar-refractivity contribution in [3.05, 3.63) is 24.2 Å². The van der Waals surface area contributed by atoms with E-state index < -0.39 is 0 Å². The van der Waals surface area contributed by atoms with Crippen molar-refractivity contribution in [2.75, 3.05) is 12.4 Å². The van der Waals surface area contributed by atoms with E-state index in [-0.39, 0.29) is 6.61 Å². The first-order valence-electron chi connectivity index (χ1n) is 5.80. The summed E-state index contributed by atoms with van der Waals surface area (Å²) in [5.41, 5.74) is 2.14. The van der Waals surface area contributed by atoms with Crippen LogP contribution in [0.15, 0.2) is 23.5 Å². The molecule has 0 bridgehead atoms. The van der Waals surface area contributed by atoms with Crippen molar-refractivity contribution in [2.45, 2.75) is 31.2 Å². The first kappa shape index (κ1) is 12.4. The van der Waals surface area contributed by atoms with Gasteiger partial charge in [-0.15, -0.1) is 11.8 Å². The number of hydrogen-bond acceptors (Lipinski definition) is 4. The van der Waals surface area contributed by atoms with Gasteiger partial charge in [-0.1, -0.05) is 13.8 Å². The fourth-order valence-corrected chi connectivity index (χ4v) is 2.45. The highest BCUT2D eigenvalue weighted by atomic mass is 32.2. The Morgan fingerprint density at radius 3 is 3.00 bits per heavy atom. The van der Waals surface area contributed by atoms with Gasteiger partial charge in [-0.05, 0) is 18.4 Å². The Morgan fingerprint density at radius 1 is 1.47 bits per heavy atom. The average Bonchev–Trinajstić information content (AvgIpc) is 2.74. The maximum absolute atomic E-state index is 8.78. The van der Waals surface area contributed by atoms with E-state index in [2.05, 4.69) is 30.0 Å². The highest BCUT2D eigenvalue weighted by Gasteiger charge is 2.09. The number of fused-ring (bicyclic) bond motifs is 1. The van der Waals surface area contributed by atoms with Crippen LogP contribution in [0.5, 0.6) is 0 Å². The second-order valence-electron chi connectivity index (χ2n) is 4.21. The molecule has 2 rings (SSSR count). The first-order valence-corrected chi connectivity index (χ1v) is 6.79. The van der Waals surface area contributed by atoms with Crippen molar-refractivity contribution < 1.29 is 5.11 Å². The fraction of sp³-hybridized carbons (Fsp3) is 0.500. The lowest BCUT2D eigenvalue weighted by atomic mass is 10.1. The van der Waals surface area contributed by atoms with Crippen LogP contribution in [0.4, 0.5) is 0 Å². The highest BCUT2D eigenvalue weighted by Crippen LogP contribution is 2.24. The lowest BCUT2D eigenvalue weighted by Crippen LogP contribution is -1.93. The maximum atomic E-state index is 8.78. The van der Waals surface area contributed by atoms with Gasteiger partial charge in [0, 0.05) is 24.8 Å². The largest absolute Gasteiger partial charge is 0.396 e. The predicted octanol–water partition coefficient (Wildman–Crippen LogP) is 2.33. The zero-order chi connectivity index (χ0) is 12.3. The molecule has 1 N–H and O–H groups in total. The third-order valence-electron chi connectivity index (χ3n) is 2.51. The third kappa shape index (κ3) is 2.79. The monoisotopic (exact) mass is 251 g/mol. The van der Waals surface area contributed by atoms with Crippen LogP contribution >= 0.6 is 11.8 Å². The van der Waals surface area contributed by atoms with Crippen LogP contribution in [0, 0.1) is 0 Å². The quantitative estimate of drug-likeness (QED) is 0.654. The van der Waals surface area contributed by atoms with Gasteiger partial charge in [0.15, 0.2) is 0 Å². The summed E-state index contributed by atoms with van der Waals surface area (Å²) >= 11 is 1.67. The molecule has 2 aromatic heterocycles. The number of rotatable bonds is 5. The lowest BCUT2D eigenvalue weighted by Gasteiger charge is -2.01. The highest BCUT2D eigenvalue weighted by molar-refractivity contribution is 7.99. The molecular formula is C12H17N3OS. The Kier molecular flexibility index (Phi) is 4.02. The standard InChI is InChI=1S/C12H17N3OS/c1-9(2)10-8-11-12(17-7-3-6-16)13-4-5-15(11)14-10/h4-5,8-9,16H,3,6-7H2,1-2H3. The van der Waals surface area contributed by atoms with Crippen LogP contribution in [-0.2, 0) is 0 Å². The van der Waals surface area contributed by atoms with E-state index in [1.165, 1.54) is 0 Å². The molecule has 0 unspecified atom stereocenters. The van der Waals surface area contributed by atoms with Gasteiger partial charge in [-0.25, -0.2) is 9.50 Å². The van der Waals surface area contributed by atoms with E-state index in [1.54, 1.807) is 18.0 Å². The van der Waals surface area contributed by atoms with E-state index >= 15 is 0 Å². The molecule has 2 aromatic rings. The van der Waals surface area contributed by atoms with E-state index in [1.807, 2.05) is 10.7 Å². The number of aliphatic hydroxyl groups excluding tert-OH is 1. The summed E-state index contributed by atoms with van der Waals surface area (Å²) in [5.74, 6) is 1.30. The van der Waals surface area contributed by atoms with Crippen molar-refractivity contribution in [1.82, 2.24) is 14.6 Å². The molecule has 0 radical (unpaired) electrons. The molecule has 0 aromatic carbocycles. The van der Waals surface area contributed by atoms with Crippen molar-refractivity contribution in [2.24, 2.45) is 0 Å². The molecule has 0 aliphatic carbocycles. The van der Waals surface area contributed by atoms with Gasteiger partial charge in [0.1, 0.15) is 5.03 Å². The van der Waals surface area contributed by atoms with E-state index in [4.69, 9.17) is 5.11 Å². The van der Waals surface area contributed by atoms with Crippen LogP contribution in [0.3, 0.4) is 0 Å².